The van der Waals surface area contributed by atoms with Crippen molar-refractivity contribution in [2.75, 3.05) is 20.2 Å². The highest BCUT2D eigenvalue weighted by Gasteiger charge is 2.34. The molecule has 3 atom stereocenters. The lowest BCUT2D eigenvalue weighted by atomic mass is 9.95. The van der Waals surface area contributed by atoms with E-state index in [0.717, 1.165) is 31.4 Å². The van der Waals surface area contributed by atoms with E-state index in [2.05, 4.69) is 11.9 Å². The Hall–Kier alpha value is -3.56. The molecule has 1 saturated heterocycles. The number of piperidine rings is 1. The number of nitrogens with one attached hydrogen (secondary N) is 2. The fourth-order valence-corrected chi connectivity index (χ4v) is 5.37. The first kappa shape index (κ1) is 26.5. The number of aromatic nitrogens is 2. The highest BCUT2D eigenvalue weighted by Crippen LogP contribution is 2.41. The van der Waals surface area contributed by atoms with Crippen LogP contribution in [0.4, 0.5) is 0 Å². The van der Waals surface area contributed by atoms with Gasteiger partial charge in [-0.3, -0.25) is 14.3 Å². The van der Waals surface area contributed by atoms with Crippen molar-refractivity contribution in [2.24, 2.45) is 0 Å². The first-order valence-corrected chi connectivity index (χ1v) is 12.7. The van der Waals surface area contributed by atoms with E-state index < -0.39 is 11.7 Å². The van der Waals surface area contributed by atoms with Crippen LogP contribution in [0.25, 0.3) is 0 Å². The molecule has 0 saturated carbocycles. The van der Waals surface area contributed by atoms with Crippen LogP contribution in [-0.4, -0.2) is 40.8 Å². The van der Waals surface area contributed by atoms with Crippen LogP contribution < -0.4 is 25.6 Å². The van der Waals surface area contributed by atoms with Crippen molar-refractivity contribution < 1.29 is 24.3 Å². The van der Waals surface area contributed by atoms with Crippen LogP contribution in [0, 0.1) is 6.92 Å². The minimum Gasteiger partial charge on any atom is -0.492 e. The van der Waals surface area contributed by atoms with Crippen LogP contribution >= 0.6 is 11.6 Å². The Balaban J connectivity index is 1.72. The molecule has 196 valence electrons. The van der Waals surface area contributed by atoms with Gasteiger partial charge in [-0.15, -0.1) is 0 Å². The van der Waals surface area contributed by atoms with Crippen molar-refractivity contribution in [1.29, 1.82) is 0 Å². The molecule has 0 amide bonds. The number of carbonyl (C=O) groups is 1. The number of aromatic amines is 1. The van der Waals surface area contributed by atoms with Crippen molar-refractivity contribution in [3.05, 3.63) is 85.1 Å². The number of carboxylic acid groups (broad SMARTS) is 1. The SMILES string of the molecule is CC[C@H](c1ccc(C(=O)O)c(Oc2cccc(Cl)c2)c1OC)[NH+]1CCC[C@H](n2cc(C)c(=O)[nH]c2=O)C1. The molecule has 0 radical (unpaired) electrons. The summed E-state index contributed by atoms with van der Waals surface area (Å²) in [7, 11) is 1.50. The second-order valence-electron chi connectivity index (χ2n) is 9.28. The number of nitrogens with zero attached hydrogens (tertiary/aromatic N) is 1. The molecule has 1 aliphatic rings. The van der Waals surface area contributed by atoms with E-state index >= 15 is 0 Å². The van der Waals surface area contributed by atoms with Crippen molar-refractivity contribution >= 4 is 17.6 Å². The van der Waals surface area contributed by atoms with Gasteiger partial charge in [-0.1, -0.05) is 24.6 Å². The van der Waals surface area contributed by atoms with Crippen LogP contribution in [0.1, 0.15) is 59.8 Å². The van der Waals surface area contributed by atoms with Gasteiger partial charge in [-0.05, 0) is 50.1 Å². The number of likely N-dealkylation sites (tertiary alicyclic amines) is 1. The Morgan fingerprint density at radius 2 is 2.05 bits per heavy atom. The van der Waals surface area contributed by atoms with Gasteiger partial charge in [0, 0.05) is 23.2 Å². The van der Waals surface area contributed by atoms with Gasteiger partial charge in [0.25, 0.3) is 5.56 Å². The van der Waals surface area contributed by atoms with Crippen LogP contribution in [0.2, 0.25) is 5.02 Å². The summed E-state index contributed by atoms with van der Waals surface area (Å²) in [5.74, 6) is -0.253. The zero-order valence-electron chi connectivity index (χ0n) is 21.0. The molecule has 3 N–H and O–H groups in total. The van der Waals surface area contributed by atoms with Gasteiger partial charge in [0.1, 0.15) is 17.4 Å². The predicted molar refractivity (Wildman–Crippen MR) is 140 cm³/mol. The van der Waals surface area contributed by atoms with E-state index in [0.29, 0.717) is 28.6 Å². The smallest absolute Gasteiger partial charge is 0.339 e. The Kier molecular flexibility index (Phi) is 8.04. The van der Waals surface area contributed by atoms with Crippen molar-refractivity contribution in [3.63, 3.8) is 0 Å². The lowest BCUT2D eigenvalue weighted by molar-refractivity contribution is -0.939. The highest BCUT2D eigenvalue weighted by atomic mass is 35.5. The standard InChI is InChI=1S/C27H30ClN3O6/c1-4-22(30-12-6-8-18(15-30)31-14-16(2)25(32)29-27(31)35)20-10-11-21(26(33)34)24(23(20)36-3)37-19-9-5-7-17(28)13-19/h5,7,9-11,13-14,18,22H,4,6,8,12,15H2,1-3H3,(H,33,34)(H,29,32,35)/p+1/t18-,22+/m0/s1. The number of halogens is 1. The van der Waals surface area contributed by atoms with Crippen molar-refractivity contribution in [2.45, 2.75) is 45.2 Å². The topological polar surface area (TPSA) is 115 Å². The van der Waals surface area contributed by atoms with Crippen LogP contribution in [0.3, 0.4) is 0 Å². The lowest BCUT2D eigenvalue weighted by Crippen LogP contribution is -3.13. The Bertz CT molecular complexity index is 1420. The summed E-state index contributed by atoms with van der Waals surface area (Å²) in [5, 5.41) is 10.3. The molecule has 1 fully saturated rings. The summed E-state index contributed by atoms with van der Waals surface area (Å²) in [4.78, 5) is 40.1. The maximum atomic E-state index is 12.5. The number of carboxylic acids is 1. The van der Waals surface area contributed by atoms with E-state index in [4.69, 9.17) is 21.1 Å². The number of hydrogen-bond acceptors (Lipinski definition) is 5. The average molecular weight is 529 g/mol. The van der Waals surface area contributed by atoms with E-state index in [9.17, 15) is 19.5 Å². The Morgan fingerprint density at radius 3 is 2.73 bits per heavy atom. The highest BCUT2D eigenvalue weighted by molar-refractivity contribution is 6.30. The van der Waals surface area contributed by atoms with Crippen LogP contribution in [0.5, 0.6) is 17.2 Å². The molecule has 1 unspecified atom stereocenters. The molecule has 37 heavy (non-hydrogen) atoms. The Morgan fingerprint density at radius 1 is 1.27 bits per heavy atom. The van der Waals surface area contributed by atoms with E-state index in [1.165, 1.54) is 12.0 Å². The molecule has 0 aliphatic carbocycles. The zero-order chi connectivity index (χ0) is 26.7. The molecule has 1 aromatic heterocycles. The number of H-pyrrole nitrogens is 1. The van der Waals surface area contributed by atoms with Gasteiger partial charge in [-0.25, -0.2) is 9.59 Å². The number of methoxy groups -OCH3 is 1. The Labute approximate surface area is 219 Å². The van der Waals surface area contributed by atoms with E-state index in [-0.39, 0.29) is 29.0 Å². The second kappa shape index (κ2) is 11.2. The molecule has 3 aromatic rings. The second-order valence-corrected chi connectivity index (χ2v) is 9.71. The van der Waals surface area contributed by atoms with Gasteiger partial charge < -0.3 is 19.5 Å². The van der Waals surface area contributed by atoms with Crippen LogP contribution in [-0.2, 0) is 0 Å². The van der Waals surface area contributed by atoms with Gasteiger partial charge >= 0.3 is 11.7 Å². The first-order valence-electron chi connectivity index (χ1n) is 12.3. The fourth-order valence-electron chi connectivity index (χ4n) is 5.19. The summed E-state index contributed by atoms with van der Waals surface area (Å²) in [6.45, 7) is 5.30. The molecular formula is C27H31ClN3O6+. The maximum Gasteiger partial charge on any atom is 0.339 e. The van der Waals surface area contributed by atoms with Gasteiger partial charge in [0.05, 0.1) is 31.8 Å². The van der Waals surface area contributed by atoms with E-state index in [1.54, 1.807) is 54.1 Å². The summed E-state index contributed by atoms with van der Waals surface area (Å²) in [5.41, 5.74) is 0.524. The number of aromatic carboxylic acids is 1. The molecular weight excluding hydrogens is 498 g/mol. The first-order chi connectivity index (χ1) is 17.7. The monoisotopic (exact) mass is 528 g/mol. The molecule has 1 aliphatic heterocycles. The number of quaternary nitrogens is 1. The number of aryl methyl sites for hydroxylation is 1. The summed E-state index contributed by atoms with van der Waals surface area (Å²) < 4.78 is 13.4. The molecule has 9 nitrogen and oxygen atoms in total. The molecule has 0 spiro atoms. The fraction of sp³-hybridized carbons (Fsp3) is 0.370. The van der Waals surface area contributed by atoms with E-state index in [1.807, 2.05) is 0 Å². The van der Waals surface area contributed by atoms with Gasteiger partial charge in [0.15, 0.2) is 11.5 Å². The van der Waals surface area contributed by atoms with Crippen molar-refractivity contribution in [1.82, 2.24) is 9.55 Å². The quantitative estimate of drug-likeness (QED) is 0.413. The zero-order valence-corrected chi connectivity index (χ0v) is 21.8. The minimum absolute atomic E-state index is 0.0165. The number of benzene rings is 2. The third-order valence-corrected chi connectivity index (χ3v) is 7.18. The molecule has 4 rings (SSSR count). The largest absolute Gasteiger partial charge is 0.492 e. The number of ether oxygens (including phenoxy) is 2. The molecule has 0 bridgehead atoms. The third kappa shape index (κ3) is 5.57. The third-order valence-electron chi connectivity index (χ3n) is 6.94. The van der Waals surface area contributed by atoms with Crippen molar-refractivity contribution in [3.8, 4) is 17.2 Å². The number of rotatable bonds is 8. The summed E-state index contributed by atoms with van der Waals surface area (Å²) >= 11 is 6.11. The van der Waals surface area contributed by atoms with Gasteiger partial charge in [0.2, 0.25) is 0 Å². The summed E-state index contributed by atoms with van der Waals surface area (Å²) in [6, 6.07) is 9.95. The molecule has 2 heterocycles. The lowest BCUT2D eigenvalue weighted by Gasteiger charge is -2.36. The minimum atomic E-state index is -1.13. The number of hydrogen-bond donors (Lipinski definition) is 3. The summed E-state index contributed by atoms with van der Waals surface area (Å²) in [6.07, 6.45) is 4.10. The molecule has 2 aromatic carbocycles. The molecule has 10 heteroatoms. The maximum absolute atomic E-state index is 12.5. The predicted octanol–water partition coefficient (Wildman–Crippen LogP) is 3.37. The average Bonchev–Trinajstić information content (AvgIpc) is 2.87. The normalized spacial score (nSPS) is 18.3. The van der Waals surface area contributed by atoms with Crippen LogP contribution in [0.15, 0.2) is 52.2 Å². The van der Waals surface area contributed by atoms with Gasteiger partial charge in [-0.2, -0.15) is 0 Å².